The maximum absolute atomic E-state index is 9.71. The van der Waals surface area contributed by atoms with E-state index in [4.69, 9.17) is 5.11 Å². The minimum absolute atomic E-state index is 0.170. The highest BCUT2D eigenvalue weighted by Crippen LogP contribution is 2.27. The van der Waals surface area contributed by atoms with Crippen molar-refractivity contribution in [3.63, 3.8) is 0 Å². The van der Waals surface area contributed by atoms with Crippen molar-refractivity contribution in [2.45, 2.75) is 53.1 Å². The molecule has 0 bridgehead atoms. The van der Waals surface area contributed by atoms with Crippen LogP contribution < -0.4 is 0 Å². The number of aliphatic hydroxyl groups excluding tert-OH is 2. The van der Waals surface area contributed by atoms with Crippen LogP contribution in [0.15, 0.2) is 0 Å². The van der Waals surface area contributed by atoms with E-state index in [0.29, 0.717) is 6.42 Å². The molecule has 0 amide bonds. The van der Waals surface area contributed by atoms with Crippen molar-refractivity contribution < 1.29 is 10.2 Å². The zero-order chi connectivity index (χ0) is 10.5. The second kappa shape index (κ2) is 5.61. The van der Waals surface area contributed by atoms with Crippen LogP contribution in [0.25, 0.3) is 0 Å². The van der Waals surface area contributed by atoms with Crippen LogP contribution in [0.1, 0.15) is 47.0 Å². The van der Waals surface area contributed by atoms with Crippen LogP contribution in [0.5, 0.6) is 0 Å². The van der Waals surface area contributed by atoms with Gasteiger partial charge in [-0.25, -0.2) is 0 Å². The van der Waals surface area contributed by atoms with Crippen molar-refractivity contribution in [1.82, 2.24) is 0 Å². The van der Waals surface area contributed by atoms with Crippen LogP contribution >= 0.6 is 0 Å². The first-order valence-electron chi connectivity index (χ1n) is 5.20. The van der Waals surface area contributed by atoms with E-state index in [1.54, 1.807) is 0 Å². The molecule has 0 saturated heterocycles. The normalized spacial score (nSPS) is 17.1. The Balaban J connectivity index is 3.79. The van der Waals surface area contributed by atoms with Crippen LogP contribution in [-0.4, -0.2) is 22.9 Å². The summed E-state index contributed by atoms with van der Waals surface area (Å²) in [6.07, 6.45) is 2.35. The van der Waals surface area contributed by atoms with E-state index < -0.39 is 0 Å². The fourth-order valence-electron chi connectivity index (χ4n) is 1.40. The topological polar surface area (TPSA) is 40.5 Å². The van der Waals surface area contributed by atoms with Crippen LogP contribution in [0.2, 0.25) is 0 Å². The molecule has 80 valence electrons. The van der Waals surface area contributed by atoms with Crippen LogP contribution in [0.4, 0.5) is 0 Å². The van der Waals surface area contributed by atoms with Crippen molar-refractivity contribution in [3.05, 3.63) is 0 Å². The van der Waals surface area contributed by atoms with Gasteiger partial charge in [0.25, 0.3) is 0 Å². The van der Waals surface area contributed by atoms with E-state index in [1.807, 2.05) is 6.92 Å². The standard InChI is InChI=1S/C11H24O2/c1-5-11(3,4)7-10(13)6-9(2)8-12/h9-10,12-13H,5-8H2,1-4H3. The Morgan fingerprint density at radius 2 is 1.85 bits per heavy atom. The van der Waals surface area contributed by atoms with Gasteiger partial charge < -0.3 is 10.2 Å². The molecule has 2 unspecified atom stereocenters. The number of aliphatic hydroxyl groups is 2. The molecule has 0 aliphatic carbocycles. The average molecular weight is 188 g/mol. The van der Waals surface area contributed by atoms with Crippen molar-refractivity contribution in [1.29, 1.82) is 0 Å². The fraction of sp³-hybridized carbons (Fsp3) is 1.00. The maximum atomic E-state index is 9.71. The Labute approximate surface area is 82.0 Å². The van der Waals surface area contributed by atoms with Gasteiger partial charge in [-0.1, -0.05) is 34.1 Å². The van der Waals surface area contributed by atoms with Crippen molar-refractivity contribution in [2.75, 3.05) is 6.61 Å². The van der Waals surface area contributed by atoms with E-state index in [9.17, 15) is 5.11 Å². The summed E-state index contributed by atoms with van der Waals surface area (Å²) in [5, 5.41) is 18.5. The molecule has 0 aromatic carbocycles. The lowest BCUT2D eigenvalue weighted by atomic mass is 9.82. The van der Waals surface area contributed by atoms with Crippen LogP contribution in [-0.2, 0) is 0 Å². The van der Waals surface area contributed by atoms with Crippen molar-refractivity contribution in [2.24, 2.45) is 11.3 Å². The summed E-state index contributed by atoms with van der Waals surface area (Å²) >= 11 is 0. The zero-order valence-electron chi connectivity index (χ0n) is 9.38. The van der Waals surface area contributed by atoms with Gasteiger partial charge in [0.1, 0.15) is 0 Å². The molecule has 0 aromatic rings. The largest absolute Gasteiger partial charge is 0.396 e. The Kier molecular flexibility index (Phi) is 5.57. The second-order valence-corrected chi connectivity index (χ2v) is 4.90. The molecule has 0 aliphatic rings. The van der Waals surface area contributed by atoms with Gasteiger partial charge >= 0.3 is 0 Å². The first-order valence-corrected chi connectivity index (χ1v) is 5.20. The molecule has 2 heteroatoms. The van der Waals surface area contributed by atoms with Crippen molar-refractivity contribution in [3.8, 4) is 0 Å². The molecular formula is C11H24O2. The third-order valence-corrected chi connectivity index (χ3v) is 2.73. The third kappa shape index (κ3) is 6.05. The highest BCUT2D eigenvalue weighted by molar-refractivity contribution is 4.72. The van der Waals surface area contributed by atoms with Crippen molar-refractivity contribution >= 4 is 0 Å². The zero-order valence-corrected chi connectivity index (χ0v) is 9.38. The van der Waals surface area contributed by atoms with Gasteiger partial charge in [-0.3, -0.25) is 0 Å². The van der Waals surface area contributed by atoms with E-state index in [0.717, 1.165) is 12.8 Å². The molecular weight excluding hydrogens is 164 g/mol. The minimum Gasteiger partial charge on any atom is -0.396 e. The number of hydrogen-bond acceptors (Lipinski definition) is 2. The minimum atomic E-state index is -0.267. The smallest absolute Gasteiger partial charge is 0.0548 e. The second-order valence-electron chi connectivity index (χ2n) is 4.90. The summed E-state index contributed by atoms with van der Waals surface area (Å²) < 4.78 is 0. The SMILES string of the molecule is CCC(C)(C)CC(O)CC(C)CO. The Bertz CT molecular complexity index is 132. The Hall–Kier alpha value is -0.0800. The van der Waals surface area contributed by atoms with E-state index >= 15 is 0 Å². The first-order chi connectivity index (χ1) is 5.91. The molecule has 0 saturated carbocycles. The lowest BCUT2D eigenvalue weighted by Crippen LogP contribution is -2.22. The van der Waals surface area contributed by atoms with Gasteiger partial charge in [0.2, 0.25) is 0 Å². The Morgan fingerprint density at radius 3 is 2.23 bits per heavy atom. The van der Waals surface area contributed by atoms with Gasteiger partial charge in [0, 0.05) is 6.61 Å². The third-order valence-electron chi connectivity index (χ3n) is 2.73. The summed E-state index contributed by atoms with van der Waals surface area (Å²) in [4.78, 5) is 0. The lowest BCUT2D eigenvalue weighted by molar-refractivity contribution is 0.0783. The molecule has 0 heterocycles. The summed E-state index contributed by atoms with van der Waals surface area (Å²) in [6, 6.07) is 0. The predicted molar refractivity (Wildman–Crippen MR) is 55.6 cm³/mol. The molecule has 0 rings (SSSR count). The highest BCUT2D eigenvalue weighted by atomic mass is 16.3. The van der Waals surface area contributed by atoms with Gasteiger partial charge in [-0.15, -0.1) is 0 Å². The van der Waals surface area contributed by atoms with Crippen LogP contribution in [0, 0.1) is 11.3 Å². The quantitative estimate of drug-likeness (QED) is 0.671. The molecule has 0 radical (unpaired) electrons. The first kappa shape index (κ1) is 12.9. The van der Waals surface area contributed by atoms with E-state index in [2.05, 4.69) is 20.8 Å². The molecule has 0 aromatic heterocycles. The van der Waals surface area contributed by atoms with E-state index in [1.165, 1.54) is 0 Å². The lowest BCUT2D eigenvalue weighted by Gasteiger charge is -2.26. The van der Waals surface area contributed by atoms with Gasteiger partial charge in [-0.05, 0) is 24.2 Å². The van der Waals surface area contributed by atoms with Gasteiger partial charge in [-0.2, -0.15) is 0 Å². The molecule has 2 N–H and O–H groups in total. The number of hydrogen-bond donors (Lipinski definition) is 2. The predicted octanol–water partition coefficient (Wildman–Crippen LogP) is 2.19. The molecule has 0 fully saturated rings. The molecule has 2 atom stereocenters. The fourth-order valence-corrected chi connectivity index (χ4v) is 1.40. The molecule has 13 heavy (non-hydrogen) atoms. The molecule has 0 spiro atoms. The van der Waals surface area contributed by atoms with E-state index in [-0.39, 0.29) is 24.0 Å². The molecule has 2 nitrogen and oxygen atoms in total. The van der Waals surface area contributed by atoms with Crippen LogP contribution in [0.3, 0.4) is 0 Å². The Morgan fingerprint density at radius 1 is 1.31 bits per heavy atom. The van der Waals surface area contributed by atoms with Gasteiger partial charge in [0.15, 0.2) is 0 Å². The monoisotopic (exact) mass is 188 g/mol. The summed E-state index contributed by atoms with van der Waals surface area (Å²) in [5.41, 5.74) is 0.217. The average Bonchev–Trinajstić information content (AvgIpc) is 2.03. The summed E-state index contributed by atoms with van der Waals surface area (Å²) in [7, 11) is 0. The van der Waals surface area contributed by atoms with Gasteiger partial charge in [0.05, 0.1) is 6.10 Å². The summed E-state index contributed by atoms with van der Waals surface area (Å²) in [6.45, 7) is 8.60. The number of rotatable bonds is 6. The summed E-state index contributed by atoms with van der Waals surface area (Å²) in [5.74, 6) is 0.211. The maximum Gasteiger partial charge on any atom is 0.0548 e. The molecule has 0 aliphatic heterocycles. The highest BCUT2D eigenvalue weighted by Gasteiger charge is 2.21.